The fraction of sp³-hybridized carbons (Fsp3) is 0.400. The van der Waals surface area contributed by atoms with Crippen LogP contribution in [0, 0.1) is 0 Å². The van der Waals surface area contributed by atoms with E-state index in [0.29, 0.717) is 11.7 Å². The number of hydrogen-bond donors (Lipinski definition) is 1. The Morgan fingerprint density at radius 3 is 2.78 bits per heavy atom. The molecule has 3 rings (SSSR count). The molecule has 1 N–H and O–H groups in total. The first-order valence-electron chi connectivity index (χ1n) is 6.45. The van der Waals surface area contributed by atoms with E-state index in [1.54, 1.807) is 7.11 Å². The fourth-order valence-electron chi connectivity index (χ4n) is 2.91. The molecule has 0 saturated heterocycles. The minimum atomic E-state index is 0.406. The van der Waals surface area contributed by atoms with Crippen LogP contribution in [0.1, 0.15) is 37.2 Å². The molecule has 18 heavy (non-hydrogen) atoms. The number of carbonyl (C=O) groups is 1. The first-order chi connectivity index (χ1) is 8.79. The number of rotatable bonds is 2. The summed E-state index contributed by atoms with van der Waals surface area (Å²) in [7, 11) is 1.69. The molecule has 3 nitrogen and oxygen atoms in total. The normalized spacial score (nSPS) is 17.3. The van der Waals surface area contributed by atoms with Crippen molar-refractivity contribution in [2.24, 2.45) is 0 Å². The van der Waals surface area contributed by atoms with E-state index in [4.69, 9.17) is 4.74 Å². The summed E-state index contributed by atoms with van der Waals surface area (Å²) in [6, 6.07) is 6.11. The zero-order valence-corrected chi connectivity index (χ0v) is 10.5. The maximum atomic E-state index is 11.3. The summed E-state index contributed by atoms with van der Waals surface area (Å²) >= 11 is 0. The van der Waals surface area contributed by atoms with Crippen LogP contribution >= 0.6 is 0 Å². The Morgan fingerprint density at radius 2 is 2.06 bits per heavy atom. The molecule has 1 heterocycles. The SMILES string of the molecule is COc1cccc2c(C3CCC(=O)CC3)c[nH]c12. The number of carbonyl (C=O) groups excluding carboxylic acids is 1. The number of H-pyrrole nitrogens is 1. The molecule has 0 spiro atoms. The van der Waals surface area contributed by atoms with Crippen LogP contribution in [0.5, 0.6) is 5.75 Å². The van der Waals surface area contributed by atoms with Gasteiger partial charge in [-0.25, -0.2) is 0 Å². The van der Waals surface area contributed by atoms with Gasteiger partial charge >= 0.3 is 0 Å². The Labute approximate surface area is 106 Å². The minimum absolute atomic E-state index is 0.406. The molecule has 0 unspecified atom stereocenters. The summed E-state index contributed by atoms with van der Waals surface area (Å²) in [4.78, 5) is 14.6. The summed E-state index contributed by atoms with van der Waals surface area (Å²) in [5.41, 5.74) is 2.39. The van der Waals surface area contributed by atoms with Gasteiger partial charge in [-0.3, -0.25) is 4.79 Å². The van der Waals surface area contributed by atoms with E-state index in [1.165, 1.54) is 10.9 Å². The predicted octanol–water partition coefficient (Wildman–Crippen LogP) is 3.40. The highest BCUT2D eigenvalue weighted by Gasteiger charge is 2.22. The van der Waals surface area contributed by atoms with Gasteiger partial charge in [0.1, 0.15) is 11.5 Å². The van der Waals surface area contributed by atoms with Gasteiger partial charge in [0, 0.05) is 24.4 Å². The Kier molecular flexibility index (Phi) is 2.82. The Morgan fingerprint density at radius 1 is 1.28 bits per heavy atom. The third-order valence-electron chi connectivity index (χ3n) is 3.91. The van der Waals surface area contributed by atoms with Gasteiger partial charge in [-0.1, -0.05) is 12.1 Å². The molecule has 94 valence electrons. The van der Waals surface area contributed by atoms with Gasteiger partial charge in [0.15, 0.2) is 0 Å². The average molecular weight is 243 g/mol. The van der Waals surface area contributed by atoms with Crippen LogP contribution in [0.4, 0.5) is 0 Å². The van der Waals surface area contributed by atoms with Gasteiger partial charge in [-0.15, -0.1) is 0 Å². The van der Waals surface area contributed by atoms with Gasteiger partial charge in [-0.05, 0) is 30.4 Å². The van der Waals surface area contributed by atoms with E-state index in [0.717, 1.165) is 36.9 Å². The zero-order valence-electron chi connectivity index (χ0n) is 10.5. The monoisotopic (exact) mass is 243 g/mol. The number of hydrogen-bond acceptors (Lipinski definition) is 2. The Hall–Kier alpha value is -1.77. The summed E-state index contributed by atoms with van der Waals surface area (Å²) < 4.78 is 5.36. The molecule has 3 heteroatoms. The van der Waals surface area contributed by atoms with Crippen LogP contribution in [0.2, 0.25) is 0 Å². The number of ketones is 1. The van der Waals surface area contributed by atoms with Crippen molar-refractivity contribution in [2.75, 3.05) is 7.11 Å². The van der Waals surface area contributed by atoms with Gasteiger partial charge in [0.25, 0.3) is 0 Å². The molecule has 1 fully saturated rings. The van der Waals surface area contributed by atoms with E-state index >= 15 is 0 Å². The second kappa shape index (κ2) is 4.48. The number of para-hydroxylation sites is 1. The third-order valence-corrected chi connectivity index (χ3v) is 3.91. The first kappa shape index (κ1) is 11.3. The predicted molar refractivity (Wildman–Crippen MR) is 71.1 cm³/mol. The maximum absolute atomic E-state index is 11.3. The van der Waals surface area contributed by atoms with E-state index < -0.39 is 0 Å². The topological polar surface area (TPSA) is 42.1 Å². The highest BCUT2D eigenvalue weighted by Crippen LogP contribution is 2.37. The fourth-order valence-corrected chi connectivity index (χ4v) is 2.91. The number of aromatic nitrogens is 1. The van der Waals surface area contributed by atoms with Gasteiger partial charge in [0.05, 0.1) is 12.6 Å². The van der Waals surface area contributed by atoms with E-state index in [2.05, 4.69) is 17.2 Å². The summed E-state index contributed by atoms with van der Waals surface area (Å²) in [5, 5.41) is 1.23. The van der Waals surface area contributed by atoms with Crippen molar-refractivity contribution in [3.8, 4) is 5.75 Å². The molecule has 1 aliphatic carbocycles. The molecule has 0 bridgehead atoms. The van der Waals surface area contributed by atoms with E-state index in [1.807, 2.05) is 12.1 Å². The van der Waals surface area contributed by atoms with Gasteiger partial charge in [0.2, 0.25) is 0 Å². The van der Waals surface area contributed by atoms with Crippen molar-refractivity contribution in [3.05, 3.63) is 30.0 Å². The molecule has 1 aromatic carbocycles. The molecule has 1 saturated carbocycles. The summed E-state index contributed by atoms with van der Waals surface area (Å²) in [5.74, 6) is 1.79. The van der Waals surface area contributed by atoms with Crippen LogP contribution in [0.15, 0.2) is 24.4 Å². The lowest BCUT2D eigenvalue weighted by Crippen LogP contribution is -2.11. The van der Waals surface area contributed by atoms with E-state index in [-0.39, 0.29) is 0 Å². The standard InChI is InChI=1S/C15H17NO2/c1-18-14-4-2-3-12-13(9-16-15(12)14)10-5-7-11(17)8-6-10/h2-4,9-10,16H,5-8H2,1H3. The summed E-state index contributed by atoms with van der Waals surface area (Å²) in [6.07, 6.45) is 5.47. The molecule has 1 aliphatic rings. The lowest BCUT2D eigenvalue weighted by Gasteiger charge is -2.20. The quantitative estimate of drug-likeness (QED) is 0.878. The molecule has 0 radical (unpaired) electrons. The smallest absolute Gasteiger partial charge is 0.142 e. The summed E-state index contributed by atoms with van der Waals surface area (Å²) in [6.45, 7) is 0. The van der Waals surface area contributed by atoms with Crippen LogP contribution in [-0.4, -0.2) is 17.9 Å². The maximum Gasteiger partial charge on any atom is 0.142 e. The van der Waals surface area contributed by atoms with Gasteiger partial charge in [-0.2, -0.15) is 0 Å². The number of nitrogens with one attached hydrogen (secondary N) is 1. The van der Waals surface area contributed by atoms with Crippen molar-refractivity contribution in [1.82, 2.24) is 4.98 Å². The van der Waals surface area contributed by atoms with Crippen molar-refractivity contribution < 1.29 is 9.53 Å². The van der Waals surface area contributed by atoms with Crippen molar-refractivity contribution in [2.45, 2.75) is 31.6 Å². The number of Topliss-reactive ketones (excluding diaryl/α,β-unsaturated/α-hetero) is 1. The number of fused-ring (bicyclic) bond motifs is 1. The van der Waals surface area contributed by atoms with E-state index in [9.17, 15) is 4.79 Å². The first-order valence-corrected chi connectivity index (χ1v) is 6.45. The molecule has 0 atom stereocenters. The van der Waals surface area contributed by atoms with Crippen molar-refractivity contribution in [1.29, 1.82) is 0 Å². The molecule has 2 aromatic rings. The van der Waals surface area contributed by atoms with Crippen LogP contribution < -0.4 is 4.74 Å². The lowest BCUT2D eigenvalue weighted by molar-refractivity contribution is -0.120. The van der Waals surface area contributed by atoms with Crippen molar-refractivity contribution >= 4 is 16.7 Å². The third kappa shape index (κ3) is 1.80. The van der Waals surface area contributed by atoms with Crippen LogP contribution in [-0.2, 0) is 4.79 Å². The highest BCUT2D eigenvalue weighted by molar-refractivity contribution is 5.89. The highest BCUT2D eigenvalue weighted by atomic mass is 16.5. The van der Waals surface area contributed by atoms with Gasteiger partial charge < -0.3 is 9.72 Å². The Balaban J connectivity index is 2.00. The Bertz CT molecular complexity index is 575. The molecule has 0 amide bonds. The molecule has 0 aliphatic heterocycles. The number of ether oxygens (including phenoxy) is 1. The zero-order chi connectivity index (χ0) is 12.5. The molecular formula is C15H17NO2. The molecular weight excluding hydrogens is 226 g/mol. The molecule has 1 aromatic heterocycles. The second-order valence-corrected chi connectivity index (χ2v) is 4.94. The minimum Gasteiger partial charge on any atom is -0.495 e. The largest absolute Gasteiger partial charge is 0.495 e. The number of aromatic amines is 1. The van der Waals surface area contributed by atoms with Crippen LogP contribution in [0.3, 0.4) is 0 Å². The van der Waals surface area contributed by atoms with Crippen molar-refractivity contribution in [3.63, 3.8) is 0 Å². The lowest BCUT2D eigenvalue weighted by atomic mass is 9.83. The van der Waals surface area contributed by atoms with Crippen LogP contribution in [0.25, 0.3) is 10.9 Å². The number of methoxy groups -OCH3 is 1. The number of benzene rings is 1. The average Bonchev–Trinajstić information content (AvgIpc) is 2.83. The second-order valence-electron chi connectivity index (χ2n) is 4.94.